The molecule has 1 fully saturated rings. The molecule has 0 aliphatic carbocycles. The fraction of sp³-hybridized carbons (Fsp3) is 0.474. The van der Waals surface area contributed by atoms with E-state index < -0.39 is 0 Å². The number of carbonyl (C=O) groups excluding carboxylic acids is 2. The lowest BCUT2D eigenvalue weighted by Gasteiger charge is -2.35. The maximum Gasteiger partial charge on any atom is 0.223 e. The Kier molecular flexibility index (Phi) is 7.58. The van der Waals surface area contributed by atoms with Crippen LogP contribution in [0.3, 0.4) is 0 Å². The quantitative estimate of drug-likeness (QED) is 0.728. The van der Waals surface area contributed by atoms with Crippen LogP contribution in [0, 0.1) is 0 Å². The van der Waals surface area contributed by atoms with E-state index in [1.54, 1.807) is 22.7 Å². The van der Waals surface area contributed by atoms with Gasteiger partial charge in [0, 0.05) is 37.4 Å². The van der Waals surface area contributed by atoms with Gasteiger partial charge in [-0.25, -0.2) is 0 Å². The molecule has 1 N–H and O–H groups in total. The molecule has 0 spiro atoms. The number of amides is 2. The first kappa shape index (κ1) is 19.5. The highest BCUT2D eigenvalue weighted by Gasteiger charge is 2.27. The summed E-state index contributed by atoms with van der Waals surface area (Å²) in [7, 11) is 0. The van der Waals surface area contributed by atoms with E-state index in [2.05, 4.69) is 28.2 Å². The zero-order chi connectivity index (χ0) is 18.2. The summed E-state index contributed by atoms with van der Waals surface area (Å²) >= 11 is 5.18. The Balaban J connectivity index is 1.43. The molecule has 3 heterocycles. The summed E-state index contributed by atoms with van der Waals surface area (Å²) in [6.45, 7) is 1.34. The molecule has 3 rings (SSSR count). The number of nitrogens with one attached hydrogen (secondary N) is 1. The molecule has 1 saturated heterocycles. The van der Waals surface area contributed by atoms with E-state index in [0.717, 1.165) is 30.9 Å². The van der Waals surface area contributed by atoms with Crippen LogP contribution >= 0.6 is 34.4 Å². The molecule has 140 valence electrons. The molecule has 1 aliphatic heterocycles. The van der Waals surface area contributed by atoms with Gasteiger partial charge in [0.05, 0.1) is 6.04 Å². The van der Waals surface area contributed by atoms with Crippen molar-refractivity contribution in [2.75, 3.05) is 24.6 Å². The van der Waals surface area contributed by atoms with Crippen molar-refractivity contribution in [3.8, 4) is 0 Å². The number of thiophene rings is 2. The van der Waals surface area contributed by atoms with Crippen molar-refractivity contribution in [3.63, 3.8) is 0 Å². The second kappa shape index (κ2) is 10.1. The highest BCUT2D eigenvalue weighted by atomic mass is 32.2. The summed E-state index contributed by atoms with van der Waals surface area (Å²) in [5, 5.41) is 11.3. The number of rotatable bonds is 8. The first-order chi connectivity index (χ1) is 12.7. The van der Waals surface area contributed by atoms with Crippen LogP contribution in [-0.4, -0.2) is 47.4 Å². The number of hydrogen-bond acceptors (Lipinski definition) is 5. The van der Waals surface area contributed by atoms with Gasteiger partial charge >= 0.3 is 0 Å². The van der Waals surface area contributed by atoms with Crippen molar-refractivity contribution < 1.29 is 9.59 Å². The molecule has 1 aliphatic rings. The van der Waals surface area contributed by atoms with Crippen molar-refractivity contribution in [3.05, 3.63) is 44.8 Å². The normalized spacial score (nSPS) is 17.2. The Morgan fingerprint density at radius 1 is 1.08 bits per heavy atom. The van der Waals surface area contributed by atoms with Crippen molar-refractivity contribution in [1.82, 2.24) is 10.2 Å². The maximum absolute atomic E-state index is 12.6. The van der Waals surface area contributed by atoms with Crippen LogP contribution in [0.25, 0.3) is 0 Å². The van der Waals surface area contributed by atoms with Crippen LogP contribution in [0.4, 0.5) is 0 Å². The molecule has 2 aromatic heterocycles. The fourth-order valence-electron chi connectivity index (χ4n) is 2.99. The molecule has 2 amide bonds. The highest BCUT2D eigenvalue weighted by Crippen LogP contribution is 2.18. The molecule has 0 aromatic carbocycles. The van der Waals surface area contributed by atoms with E-state index in [4.69, 9.17) is 0 Å². The third kappa shape index (κ3) is 5.86. The lowest BCUT2D eigenvalue weighted by Crippen LogP contribution is -2.51. The second-order valence-electron chi connectivity index (χ2n) is 6.38. The lowest BCUT2D eigenvalue weighted by atomic mass is 10.1. The van der Waals surface area contributed by atoms with Gasteiger partial charge in [0.15, 0.2) is 0 Å². The topological polar surface area (TPSA) is 49.4 Å². The molecule has 2 aromatic rings. The molecule has 1 atom stereocenters. The minimum Gasteiger partial charge on any atom is -0.354 e. The number of aryl methyl sites for hydroxylation is 2. The summed E-state index contributed by atoms with van der Waals surface area (Å²) in [5.74, 6) is 2.15. The average Bonchev–Trinajstić information content (AvgIpc) is 3.36. The first-order valence-electron chi connectivity index (χ1n) is 8.88. The van der Waals surface area contributed by atoms with E-state index in [0.29, 0.717) is 19.4 Å². The zero-order valence-electron chi connectivity index (χ0n) is 14.7. The molecule has 4 nitrogen and oxygen atoms in total. The van der Waals surface area contributed by atoms with Crippen LogP contribution in [0.1, 0.15) is 24.0 Å². The third-order valence-corrected chi connectivity index (χ3v) is 7.07. The predicted octanol–water partition coefficient (Wildman–Crippen LogP) is 3.44. The van der Waals surface area contributed by atoms with Gasteiger partial charge in [0.2, 0.25) is 11.8 Å². The van der Waals surface area contributed by atoms with Gasteiger partial charge in [-0.05, 0) is 57.6 Å². The fourth-order valence-corrected chi connectivity index (χ4v) is 5.46. The van der Waals surface area contributed by atoms with Gasteiger partial charge in [0.25, 0.3) is 0 Å². The number of carbonyl (C=O) groups is 2. The van der Waals surface area contributed by atoms with Gasteiger partial charge in [-0.2, -0.15) is 34.4 Å². The first-order valence-corrected chi connectivity index (χ1v) is 11.9. The molecule has 0 radical (unpaired) electrons. The summed E-state index contributed by atoms with van der Waals surface area (Å²) < 4.78 is 0. The Morgan fingerprint density at radius 2 is 1.77 bits per heavy atom. The Labute approximate surface area is 167 Å². The summed E-state index contributed by atoms with van der Waals surface area (Å²) in [6, 6.07) is 4.24. The number of nitrogens with zero attached hydrogens (tertiary/aromatic N) is 1. The van der Waals surface area contributed by atoms with Gasteiger partial charge in [-0.1, -0.05) is 0 Å². The minimum absolute atomic E-state index is 0.0671. The number of hydrogen-bond donors (Lipinski definition) is 1. The molecule has 0 bridgehead atoms. The van der Waals surface area contributed by atoms with Crippen molar-refractivity contribution in [2.45, 2.75) is 31.7 Å². The minimum atomic E-state index is 0.0671. The Hall–Kier alpha value is -1.31. The number of thioether (sulfide) groups is 1. The van der Waals surface area contributed by atoms with Crippen molar-refractivity contribution >= 4 is 46.2 Å². The monoisotopic (exact) mass is 408 g/mol. The molecule has 26 heavy (non-hydrogen) atoms. The van der Waals surface area contributed by atoms with Gasteiger partial charge in [0.1, 0.15) is 0 Å². The Bertz CT molecular complexity index is 686. The van der Waals surface area contributed by atoms with Crippen LogP contribution in [-0.2, 0) is 22.4 Å². The van der Waals surface area contributed by atoms with Crippen LogP contribution in [0.15, 0.2) is 33.7 Å². The largest absolute Gasteiger partial charge is 0.354 e. The van der Waals surface area contributed by atoms with Crippen molar-refractivity contribution in [2.24, 2.45) is 0 Å². The maximum atomic E-state index is 12.6. The molecular weight excluding hydrogens is 384 g/mol. The SMILES string of the molecule is O=C(CCc1ccsc1)NCC1CSCCN1C(=O)CCc1ccsc1. The van der Waals surface area contributed by atoms with E-state index in [-0.39, 0.29) is 17.9 Å². The summed E-state index contributed by atoms with van der Waals surface area (Å²) in [5.41, 5.74) is 2.44. The smallest absolute Gasteiger partial charge is 0.223 e. The summed E-state index contributed by atoms with van der Waals surface area (Å²) in [6.07, 6.45) is 2.62. The van der Waals surface area contributed by atoms with Crippen LogP contribution in [0.5, 0.6) is 0 Å². The van der Waals surface area contributed by atoms with Crippen LogP contribution in [0.2, 0.25) is 0 Å². The second-order valence-corrected chi connectivity index (χ2v) is 9.09. The van der Waals surface area contributed by atoms with Crippen LogP contribution < -0.4 is 5.32 Å². The molecule has 7 heteroatoms. The van der Waals surface area contributed by atoms with E-state index in [1.807, 2.05) is 27.4 Å². The highest BCUT2D eigenvalue weighted by molar-refractivity contribution is 7.99. The van der Waals surface area contributed by atoms with Gasteiger partial charge in [-0.3, -0.25) is 9.59 Å². The zero-order valence-corrected chi connectivity index (χ0v) is 17.1. The standard InChI is InChI=1S/C19H24N2O2S3/c22-18(3-1-15-5-8-24-12-15)20-11-17-14-26-10-7-21(17)19(23)4-2-16-6-9-25-13-16/h5-6,8-9,12-13,17H,1-4,7,10-11,14H2,(H,20,22). The van der Waals surface area contributed by atoms with Gasteiger partial charge < -0.3 is 10.2 Å². The van der Waals surface area contributed by atoms with Crippen molar-refractivity contribution in [1.29, 1.82) is 0 Å². The molecular formula is C19H24N2O2S3. The van der Waals surface area contributed by atoms with E-state index in [9.17, 15) is 9.59 Å². The molecule has 0 saturated carbocycles. The van der Waals surface area contributed by atoms with E-state index >= 15 is 0 Å². The Morgan fingerprint density at radius 3 is 2.42 bits per heavy atom. The van der Waals surface area contributed by atoms with E-state index in [1.165, 1.54) is 11.1 Å². The van der Waals surface area contributed by atoms with Gasteiger partial charge in [-0.15, -0.1) is 0 Å². The third-order valence-electron chi connectivity index (χ3n) is 4.51. The predicted molar refractivity (Wildman–Crippen MR) is 111 cm³/mol. The molecule has 1 unspecified atom stereocenters. The summed E-state index contributed by atoms with van der Waals surface area (Å²) in [4.78, 5) is 26.7. The lowest BCUT2D eigenvalue weighted by molar-refractivity contribution is -0.133. The average molecular weight is 409 g/mol.